The summed E-state index contributed by atoms with van der Waals surface area (Å²) in [5.74, 6) is 0.738. The lowest BCUT2D eigenvalue weighted by Crippen LogP contribution is -2.43. The molecule has 0 aliphatic carbocycles. The zero-order chi connectivity index (χ0) is 27.7. The molecule has 0 aromatic heterocycles. The first kappa shape index (κ1) is 29.6. The van der Waals surface area contributed by atoms with Crippen LogP contribution in [0.2, 0.25) is 5.02 Å². The van der Waals surface area contributed by atoms with Crippen molar-refractivity contribution in [3.8, 4) is 5.75 Å². The summed E-state index contributed by atoms with van der Waals surface area (Å²) in [4.78, 5) is 13.3. The number of ether oxygens (including phenoxy) is 2. The number of halogens is 1. The average Bonchev–Trinajstić information content (AvgIpc) is 2.89. The number of hydrogen-bond acceptors (Lipinski definition) is 6. The van der Waals surface area contributed by atoms with E-state index in [0.717, 1.165) is 31.5 Å². The SMILES string of the molecule is COC(=O)CCCCCN(c1cc(C)cc(OCC2CCN(C(=N)N)CC2)c1)S(=O)(=O)c1ccccc1Cl. The second kappa shape index (κ2) is 13.7. The molecule has 11 heteroatoms. The van der Waals surface area contributed by atoms with Gasteiger partial charge in [0.25, 0.3) is 10.0 Å². The van der Waals surface area contributed by atoms with Gasteiger partial charge in [0, 0.05) is 32.1 Å². The molecule has 1 heterocycles. The number of guanidine groups is 1. The van der Waals surface area contributed by atoms with Crippen molar-refractivity contribution in [2.24, 2.45) is 11.7 Å². The maximum Gasteiger partial charge on any atom is 0.305 e. The lowest BCUT2D eigenvalue weighted by molar-refractivity contribution is -0.140. The Morgan fingerprint density at radius 3 is 2.53 bits per heavy atom. The maximum absolute atomic E-state index is 13.8. The summed E-state index contributed by atoms with van der Waals surface area (Å²) in [6.07, 6.45) is 3.86. The van der Waals surface area contributed by atoms with Crippen LogP contribution in [-0.2, 0) is 19.6 Å². The van der Waals surface area contributed by atoms with Crippen LogP contribution in [0.5, 0.6) is 5.75 Å². The van der Waals surface area contributed by atoms with Crippen molar-refractivity contribution < 1.29 is 22.7 Å². The Bertz CT molecular complexity index is 1220. The standard InChI is InChI=1S/C27H37ClN4O5S/c1-20-16-22(18-23(17-20)37-19-21-11-14-31(15-12-21)27(29)30)32(13-7-3-4-10-26(33)36-2)38(34,35)25-9-6-5-8-24(25)28/h5-6,8-9,16-18,21H,3-4,7,10-15,19H2,1-2H3,(H3,29,30). The molecule has 38 heavy (non-hydrogen) atoms. The summed E-state index contributed by atoms with van der Waals surface area (Å²) in [7, 11) is -2.61. The first-order valence-corrected chi connectivity index (χ1v) is 14.6. The van der Waals surface area contributed by atoms with Crippen molar-refractivity contribution in [2.45, 2.75) is 50.3 Å². The summed E-state index contributed by atoms with van der Waals surface area (Å²) in [5, 5.41) is 7.75. The first-order chi connectivity index (χ1) is 18.1. The molecule has 208 valence electrons. The third kappa shape index (κ3) is 8.01. The molecule has 0 amide bonds. The largest absolute Gasteiger partial charge is 0.493 e. The number of carbonyl (C=O) groups excluding carboxylic acids is 1. The van der Waals surface area contributed by atoms with E-state index in [2.05, 4.69) is 0 Å². The van der Waals surface area contributed by atoms with E-state index in [1.54, 1.807) is 24.3 Å². The summed E-state index contributed by atoms with van der Waals surface area (Å²) in [6, 6.07) is 11.9. The Balaban J connectivity index is 1.78. The number of nitrogens with two attached hydrogens (primary N) is 1. The fourth-order valence-corrected chi connectivity index (χ4v) is 6.46. The molecule has 3 rings (SSSR count). The third-order valence-electron chi connectivity index (χ3n) is 6.64. The number of methoxy groups -OCH3 is 1. The van der Waals surface area contributed by atoms with E-state index in [0.29, 0.717) is 49.6 Å². The number of piperidine rings is 1. The molecule has 0 saturated carbocycles. The topological polar surface area (TPSA) is 126 Å². The van der Waals surface area contributed by atoms with Crippen molar-refractivity contribution in [3.05, 3.63) is 53.1 Å². The van der Waals surface area contributed by atoms with Crippen molar-refractivity contribution in [3.63, 3.8) is 0 Å². The molecule has 1 fully saturated rings. The quantitative estimate of drug-likeness (QED) is 0.167. The van der Waals surface area contributed by atoms with Crippen molar-refractivity contribution in [1.82, 2.24) is 4.90 Å². The van der Waals surface area contributed by atoms with Gasteiger partial charge in [-0.2, -0.15) is 0 Å². The lowest BCUT2D eigenvalue weighted by atomic mass is 9.98. The van der Waals surface area contributed by atoms with E-state index in [9.17, 15) is 13.2 Å². The summed E-state index contributed by atoms with van der Waals surface area (Å²) < 4.78 is 39.8. The van der Waals surface area contributed by atoms with Gasteiger partial charge in [0.15, 0.2) is 5.96 Å². The van der Waals surface area contributed by atoms with Gasteiger partial charge in [-0.25, -0.2) is 8.42 Å². The smallest absolute Gasteiger partial charge is 0.305 e. The second-order valence-electron chi connectivity index (χ2n) is 9.53. The predicted molar refractivity (Wildman–Crippen MR) is 149 cm³/mol. The Labute approximate surface area is 230 Å². The summed E-state index contributed by atoms with van der Waals surface area (Å²) in [6.45, 7) is 4.07. The maximum atomic E-state index is 13.8. The van der Waals surface area contributed by atoms with Crippen LogP contribution in [0.3, 0.4) is 0 Å². The van der Waals surface area contributed by atoms with Crippen LogP contribution in [0.15, 0.2) is 47.4 Å². The van der Waals surface area contributed by atoms with E-state index in [-0.39, 0.29) is 28.4 Å². The van der Waals surface area contributed by atoms with Crippen LogP contribution in [-0.4, -0.2) is 58.6 Å². The molecule has 1 saturated heterocycles. The number of nitrogens with one attached hydrogen (secondary N) is 1. The molecule has 0 radical (unpaired) electrons. The fraction of sp³-hybridized carbons (Fsp3) is 0.481. The molecule has 0 spiro atoms. The van der Waals surface area contributed by atoms with Crippen molar-refractivity contribution in [1.29, 1.82) is 5.41 Å². The van der Waals surface area contributed by atoms with Gasteiger partial charge in [-0.05, 0) is 68.4 Å². The molecular weight excluding hydrogens is 528 g/mol. The predicted octanol–water partition coefficient (Wildman–Crippen LogP) is 4.56. The van der Waals surface area contributed by atoms with E-state index in [1.807, 2.05) is 24.0 Å². The van der Waals surface area contributed by atoms with Gasteiger partial charge < -0.3 is 20.1 Å². The number of hydrogen-bond donors (Lipinski definition) is 2. The number of unbranched alkanes of at least 4 members (excludes halogenated alkanes) is 2. The number of nitrogens with zero attached hydrogens (tertiary/aromatic N) is 2. The molecule has 1 aliphatic rings. The third-order valence-corrected chi connectivity index (χ3v) is 8.97. The zero-order valence-electron chi connectivity index (χ0n) is 22.0. The van der Waals surface area contributed by atoms with Gasteiger partial charge in [0.1, 0.15) is 10.6 Å². The lowest BCUT2D eigenvalue weighted by Gasteiger charge is -2.32. The van der Waals surface area contributed by atoms with Crippen molar-refractivity contribution in [2.75, 3.05) is 37.7 Å². The van der Waals surface area contributed by atoms with Crippen LogP contribution in [0.4, 0.5) is 5.69 Å². The minimum absolute atomic E-state index is 0.0393. The molecule has 3 N–H and O–H groups in total. The molecule has 0 bridgehead atoms. The highest BCUT2D eigenvalue weighted by molar-refractivity contribution is 7.93. The monoisotopic (exact) mass is 564 g/mol. The Morgan fingerprint density at radius 2 is 1.87 bits per heavy atom. The van der Waals surface area contributed by atoms with Crippen LogP contribution >= 0.6 is 11.6 Å². The molecule has 9 nitrogen and oxygen atoms in total. The number of aryl methyl sites for hydroxylation is 1. The average molecular weight is 565 g/mol. The van der Waals surface area contributed by atoms with Crippen LogP contribution in [0.25, 0.3) is 0 Å². The van der Waals surface area contributed by atoms with Crippen LogP contribution in [0, 0.1) is 18.3 Å². The molecule has 2 aromatic rings. The number of sulfonamides is 1. The molecule has 0 atom stereocenters. The van der Waals surface area contributed by atoms with E-state index < -0.39 is 10.0 Å². The minimum Gasteiger partial charge on any atom is -0.493 e. The molecule has 1 aliphatic heterocycles. The number of rotatable bonds is 12. The Kier molecular flexibility index (Phi) is 10.7. The summed E-state index contributed by atoms with van der Waals surface area (Å²) >= 11 is 6.30. The van der Waals surface area contributed by atoms with Crippen LogP contribution in [0.1, 0.15) is 44.1 Å². The fourth-order valence-electron chi connectivity index (χ4n) is 4.47. The van der Waals surface area contributed by atoms with Crippen LogP contribution < -0.4 is 14.8 Å². The van der Waals surface area contributed by atoms with Gasteiger partial charge in [-0.15, -0.1) is 0 Å². The van der Waals surface area contributed by atoms with Gasteiger partial charge >= 0.3 is 5.97 Å². The van der Waals surface area contributed by atoms with E-state index >= 15 is 0 Å². The number of benzene rings is 2. The highest BCUT2D eigenvalue weighted by Gasteiger charge is 2.28. The number of carbonyl (C=O) groups is 1. The zero-order valence-corrected chi connectivity index (χ0v) is 23.6. The Hall–Kier alpha value is -2.98. The normalized spacial score (nSPS) is 14.2. The number of anilines is 1. The first-order valence-electron chi connectivity index (χ1n) is 12.8. The Morgan fingerprint density at radius 1 is 1.16 bits per heavy atom. The van der Waals surface area contributed by atoms with Gasteiger partial charge in [-0.1, -0.05) is 30.2 Å². The molecule has 0 unspecified atom stereocenters. The minimum atomic E-state index is -3.96. The molecular formula is C27H37ClN4O5S. The van der Waals surface area contributed by atoms with Gasteiger partial charge in [0.05, 0.1) is 24.4 Å². The van der Waals surface area contributed by atoms with Gasteiger partial charge in [-0.3, -0.25) is 14.5 Å². The van der Waals surface area contributed by atoms with E-state index in [1.165, 1.54) is 17.5 Å². The van der Waals surface area contributed by atoms with Gasteiger partial charge in [0.2, 0.25) is 0 Å². The second-order valence-corrected chi connectivity index (χ2v) is 11.8. The highest BCUT2D eigenvalue weighted by Crippen LogP contribution is 2.32. The summed E-state index contributed by atoms with van der Waals surface area (Å²) in [5.41, 5.74) is 6.96. The highest BCUT2D eigenvalue weighted by atomic mass is 35.5. The number of likely N-dealkylation sites (tertiary alicyclic amines) is 1. The number of esters is 1. The van der Waals surface area contributed by atoms with E-state index in [4.69, 9.17) is 32.2 Å². The van der Waals surface area contributed by atoms with Crippen molar-refractivity contribution >= 4 is 39.2 Å². The molecule has 2 aromatic carbocycles.